The van der Waals surface area contributed by atoms with Gasteiger partial charge in [-0.2, -0.15) is 0 Å². The van der Waals surface area contributed by atoms with Crippen molar-refractivity contribution in [3.8, 4) is 5.75 Å². The van der Waals surface area contributed by atoms with E-state index in [9.17, 15) is 0 Å². The Morgan fingerprint density at radius 2 is 1.33 bits per heavy atom. The first kappa shape index (κ1) is 19.4. The Morgan fingerprint density at radius 1 is 0.889 bits per heavy atom. The van der Waals surface area contributed by atoms with Crippen molar-refractivity contribution in [2.45, 2.75) is 55.9 Å². The lowest BCUT2D eigenvalue weighted by Gasteiger charge is -2.39. The number of hydrogen-bond donors (Lipinski definition) is 0. The lowest BCUT2D eigenvalue weighted by atomic mass is 9.66. The van der Waals surface area contributed by atoms with Crippen molar-refractivity contribution in [1.82, 2.24) is 0 Å². The number of ether oxygens (including phenoxy) is 1. The Balaban J connectivity index is 0. The van der Waals surface area contributed by atoms with E-state index in [0.29, 0.717) is 10.8 Å². The first-order chi connectivity index (χ1) is 7.26. The first-order valence-electron chi connectivity index (χ1n) is 5.89. The minimum absolute atomic E-state index is 0. The van der Waals surface area contributed by atoms with Gasteiger partial charge in [-0.25, -0.2) is 0 Å². The third-order valence-corrected chi connectivity index (χ3v) is 3.84. The molecule has 0 spiro atoms. The summed E-state index contributed by atoms with van der Waals surface area (Å²) in [6, 6.07) is 8.39. The van der Waals surface area contributed by atoms with Crippen LogP contribution < -0.4 is 4.74 Å². The number of hydrogen-bond acceptors (Lipinski definition) is 1. The smallest absolute Gasteiger partial charge is 0.118 e. The largest absolute Gasteiger partial charge is 0.497 e. The molecule has 0 aliphatic rings. The van der Waals surface area contributed by atoms with Crippen LogP contribution in [0.1, 0.15) is 55.0 Å². The van der Waals surface area contributed by atoms with Crippen LogP contribution in [0, 0.1) is 10.8 Å². The van der Waals surface area contributed by atoms with Gasteiger partial charge in [-0.15, -0.1) is 0 Å². The van der Waals surface area contributed by atoms with Crippen molar-refractivity contribution in [3.05, 3.63) is 29.8 Å². The van der Waals surface area contributed by atoms with E-state index >= 15 is 0 Å². The van der Waals surface area contributed by atoms with Crippen molar-refractivity contribution < 1.29 is 4.74 Å². The van der Waals surface area contributed by atoms with Gasteiger partial charge in [0.05, 0.1) is 7.11 Å². The molecule has 0 saturated heterocycles. The van der Waals surface area contributed by atoms with Crippen molar-refractivity contribution in [3.63, 3.8) is 0 Å². The Bertz CT molecular complexity index is 328. The molecule has 0 aliphatic carbocycles. The van der Waals surface area contributed by atoms with E-state index in [1.165, 1.54) is 5.56 Å². The summed E-state index contributed by atoms with van der Waals surface area (Å²) in [5.41, 5.74) is 1.98. The molecule has 1 aromatic rings. The van der Waals surface area contributed by atoms with Gasteiger partial charge in [0.2, 0.25) is 0 Å². The molecule has 1 nitrogen and oxygen atoms in total. The van der Waals surface area contributed by atoms with E-state index in [2.05, 4.69) is 46.8 Å². The molecule has 18 heavy (non-hydrogen) atoms. The normalized spacial score (nSPS) is 11.2. The lowest BCUT2D eigenvalue weighted by Crippen LogP contribution is -2.31. The molecule has 0 radical (unpaired) electrons. The van der Waals surface area contributed by atoms with E-state index in [1.54, 1.807) is 7.11 Å². The van der Waals surface area contributed by atoms with Crippen molar-refractivity contribution in [2.24, 2.45) is 10.8 Å². The van der Waals surface area contributed by atoms with Crippen LogP contribution in [0.4, 0.5) is 0 Å². The van der Waals surface area contributed by atoms with E-state index in [4.69, 9.17) is 4.74 Å². The summed E-state index contributed by atoms with van der Waals surface area (Å²) >= 11 is 0. The second-order valence-corrected chi connectivity index (χ2v) is 6.16. The summed E-state index contributed by atoms with van der Waals surface area (Å²) in [7, 11) is 1.70. The highest BCUT2D eigenvalue weighted by Gasteiger charge is 2.32. The predicted molar refractivity (Wildman–Crippen MR) is 83.4 cm³/mol. The lowest BCUT2D eigenvalue weighted by molar-refractivity contribution is 0.132. The van der Waals surface area contributed by atoms with Crippen molar-refractivity contribution in [1.29, 1.82) is 0 Å². The minimum atomic E-state index is 0. The quantitative estimate of drug-likeness (QED) is 0.682. The van der Waals surface area contributed by atoms with Crippen molar-refractivity contribution in [2.75, 3.05) is 7.11 Å². The highest BCUT2D eigenvalue weighted by atomic mass is 16.5. The molecule has 0 bridgehead atoms. The van der Waals surface area contributed by atoms with Crippen LogP contribution in [0.15, 0.2) is 24.3 Å². The summed E-state index contributed by atoms with van der Waals surface area (Å²) in [6.07, 6.45) is 1.10. The van der Waals surface area contributed by atoms with Crippen LogP contribution in [-0.4, -0.2) is 7.11 Å². The molecule has 0 saturated carbocycles. The number of benzene rings is 1. The zero-order valence-electron chi connectivity index (χ0n) is 11.4. The van der Waals surface area contributed by atoms with Crippen LogP contribution in [0.3, 0.4) is 0 Å². The van der Waals surface area contributed by atoms with E-state index in [1.807, 2.05) is 12.1 Å². The molecule has 0 unspecified atom stereocenters. The second-order valence-electron chi connectivity index (χ2n) is 6.16. The van der Waals surface area contributed by atoms with Gasteiger partial charge in [0, 0.05) is 0 Å². The molecule has 0 aliphatic heterocycles. The summed E-state index contributed by atoms with van der Waals surface area (Å²) in [5, 5.41) is 0. The molecule has 0 N–H and O–H groups in total. The van der Waals surface area contributed by atoms with Gasteiger partial charge in [-0.3, -0.25) is 0 Å². The highest BCUT2D eigenvalue weighted by Crippen LogP contribution is 2.40. The fourth-order valence-corrected chi connectivity index (χ4v) is 1.52. The Labute approximate surface area is 115 Å². The van der Waals surface area contributed by atoms with Gasteiger partial charge >= 0.3 is 0 Å². The maximum Gasteiger partial charge on any atom is 0.118 e. The fraction of sp³-hybridized carbons (Fsp3) is 0.647. The molecule has 0 heterocycles. The monoisotopic (exact) mass is 252 g/mol. The second kappa shape index (κ2) is 6.82. The average molecular weight is 252 g/mol. The van der Waals surface area contributed by atoms with Crippen LogP contribution in [0.2, 0.25) is 0 Å². The van der Waals surface area contributed by atoms with Crippen molar-refractivity contribution >= 4 is 0 Å². The van der Waals surface area contributed by atoms with E-state index < -0.39 is 0 Å². The number of rotatable bonds is 3. The zero-order valence-corrected chi connectivity index (χ0v) is 11.4. The van der Waals surface area contributed by atoms with Gasteiger partial charge in [-0.05, 0) is 34.9 Å². The van der Waals surface area contributed by atoms with Gasteiger partial charge in [0.15, 0.2) is 0 Å². The average Bonchev–Trinajstić information content (AvgIpc) is 2.16. The Morgan fingerprint density at radius 3 is 1.67 bits per heavy atom. The molecular formula is C17H32O. The molecule has 1 heteroatoms. The third-order valence-electron chi connectivity index (χ3n) is 3.84. The fourth-order valence-electron chi connectivity index (χ4n) is 1.52. The van der Waals surface area contributed by atoms with Gasteiger partial charge < -0.3 is 4.74 Å². The summed E-state index contributed by atoms with van der Waals surface area (Å²) in [4.78, 5) is 0. The maximum absolute atomic E-state index is 5.17. The minimum Gasteiger partial charge on any atom is -0.497 e. The molecule has 0 aromatic heterocycles. The summed E-state index contributed by atoms with van der Waals surface area (Å²) in [5.74, 6) is 0.928. The summed E-state index contributed by atoms with van der Waals surface area (Å²) in [6.45, 7) is 11.6. The predicted octanol–water partition coefficient (Wildman–Crippen LogP) is 5.58. The first-order valence-corrected chi connectivity index (χ1v) is 5.89. The third kappa shape index (κ3) is 4.72. The zero-order chi connectivity index (χ0) is 12.4. The summed E-state index contributed by atoms with van der Waals surface area (Å²) < 4.78 is 5.17. The molecule has 1 rings (SSSR count). The van der Waals surface area contributed by atoms with Gasteiger partial charge in [0.25, 0.3) is 0 Å². The Hall–Kier alpha value is -0.980. The highest BCUT2D eigenvalue weighted by molar-refractivity contribution is 5.27. The van der Waals surface area contributed by atoms with Crippen LogP contribution in [0.5, 0.6) is 5.75 Å². The topological polar surface area (TPSA) is 9.23 Å². The molecular weight excluding hydrogens is 220 g/mol. The molecule has 0 atom stereocenters. The van der Waals surface area contributed by atoms with Gasteiger partial charge in [-0.1, -0.05) is 61.6 Å². The van der Waals surface area contributed by atoms with E-state index in [0.717, 1.165) is 12.2 Å². The SMILES string of the molecule is C.C.COc1ccc(CC(C)(C)C(C)(C)C)cc1. The van der Waals surface area contributed by atoms with Crippen LogP contribution in [0.25, 0.3) is 0 Å². The standard InChI is InChI=1S/C15H24O.2CH4/c1-14(2,3)15(4,5)11-12-7-9-13(16-6)10-8-12;;/h7-10H,11H2,1-6H3;2*1H4. The number of methoxy groups -OCH3 is 1. The molecule has 106 valence electrons. The molecule has 0 fully saturated rings. The van der Waals surface area contributed by atoms with Gasteiger partial charge in [0.1, 0.15) is 5.75 Å². The van der Waals surface area contributed by atoms with Crippen LogP contribution >= 0.6 is 0 Å². The maximum atomic E-state index is 5.17. The Kier molecular flexibility index (Phi) is 7.34. The van der Waals surface area contributed by atoms with E-state index in [-0.39, 0.29) is 14.9 Å². The van der Waals surface area contributed by atoms with Crippen LogP contribution in [-0.2, 0) is 6.42 Å². The molecule has 0 amide bonds. The molecule has 1 aromatic carbocycles.